The summed E-state index contributed by atoms with van der Waals surface area (Å²) in [4.78, 5) is 33.6. The molecule has 4 aromatic rings. The van der Waals surface area contributed by atoms with E-state index in [2.05, 4.69) is 15.1 Å². The van der Waals surface area contributed by atoms with Crippen molar-refractivity contribution >= 4 is 23.2 Å². The number of fused-ring (bicyclic) bond motifs is 1. The summed E-state index contributed by atoms with van der Waals surface area (Å²) in [5.74, 6) is 0.390. The molecule has 0 radical (unpaired) electrons. The van der Waals surface area contributed by atoms with Crippen LogP contribution >= 0.6 is 12.4 Å². The number of nitrogens with two attached hydrogens (primary N) is 1. The molecule has 8 nitrogen and oxygen atoms in total. The summed E-state index contributed by atoms with van der Waals surface area (Å²) in [6, 6.07) is 7.08. The van der Waals surface area contributed by atoms with E-state index >= 15 is 0 Å². The summed E-state index contributed by atoms with van der Waals surface area (Å²) in [5.41, 5.74) is 9.65. The quantitative estimate of drug-likeness (QED) is 0.526. The van der Waals surface area contributed by atoms with Gasteiger partial charge in [0.25, 0.3) is 11.1 Å². The van der Waals surface area contributed by atoms with Crippen molar-refractivity contribution in [1.29, 1.82) is 0 Å². The second kappa shape index (κ2) is 8.41. The van der Waals surface area contributed by atoms with Gasteiger partial charge in [0, 0.05) is 55.1 Å². The van der Waals surface area contributed by atoms with Crippen molar-refractivity contribution in [3.05, 3.63) is 74.7 Å². The molecule has 9 heteroatoms. The summed E-state index contributed by atoms with van der Waals surface area (Å²) in [7, 11) is 3.30. The average molecular weight is 439 g/mol. The normalized spacial score (nSPS) is 11.9. The number of hydrogen-bond acceptors (Lipinski definition) is 6. The Kier molecular flexibility index (Phi) is 6.06. The Morgan fingerprint density at radius 1 is 0.935 bits per heavy atom. The molecule has 3 aromatic heterocycles. The Bertz CT molecular complexity index is 1390. The molecule has 160 valence electrons. The molecule has 2 N–H and O–H groups in total. The molecule has 0 unspecified atom stereocenters. The van der Waals surface area contributed by atoms with Crippen LogP contribution < -0.4 is 16.9 Å². The van der Waals surface area contributed by atoms with Crippen molar-refractivity contribution in [2.24, 2.45) is 19.8 Å². The number of aromatic nitrogens is 5. The van der Waals surface area contributed by atoms with Crippen molar-refractivity contribution in [3.63, 3.8) is 0 Å². The van der Waals surface area contributed by atoms with Crippen LogP contribution in [-0.2, 0) is 14.1 Å². The lowest BCUT2D eigenvalue weighted by molar-refractivity contribution is 0.708. The zero-order chi connectivity index (χ0) is 21.6. The first kappa shape index (κ1) is 22.3. The van der Waals surface area contributed by atoms with Gasteiger partial charge in [-0.15, -0.1) is 12.4 Å². The predicted molar refractivity (Wildman–Crippen MR) is 123 cm³/mol. The number of rotatable bonds is 3. The molecular formula is C22H23ClN6O2. The van der Waals surface area contributed by atoms with Crippen LogP contribution in [0.5, 0.6) is 0 Å². The van der Waals surface area contributed by atoms with Gasteiger partial charge in [0.1, 0.15) is 0 Å². The zero-order valence-corrected chi connectivity index (χ0v) is 18.5. The Labute approximate surface area is 184 Å². The largest absolute Gasteiger partial charge is 0.324 e. The average Bonchev–Trinajstić information content (AvgIpc) is 2.72. The zero-order valence-electron chi connectivity index (χ0n) is 17.7. The lowest BCUT2D eigenvalue weighted by Gasteiger charge is -2.15. The maximum absolute atomic E-state index is 13.0. The summed E-state index contributed by atoms with van der Waals surface area (Å²) in [6.07, 6.45) is 4.82. The minimum atomic E-state index is -0.240. The smallest absolute Gasteiger partial charge is 0.267 e. The van der Waals surface area contributed by atoms with Crippen LogP contribution in [0.3, 0.4) is 0 Å². The van der Waals surface area contributed by atoms with Gasteiger partial charge >= 0.3 is 0 Å². The third kappa shape index (κ3) is 3.99. The van der Waals surface area contributed by atoms with E-state index in [1.54, 1.807) is 37.3 Å². The van der Waals surface area contributed by atoms with E-state index in [1.165, 1.54) is 10.7 Å². The third-order valence-electron chi connectivity index (χ3n) is 5.20. The fourth-order valence-electron chi connectivity index (χ4n) is 3.54. The molecule has 0 fully saturated rings. The van der Waals surface area contributed by atoms with Crippen LogP contribution in [0.2, 0.25) is 0 Å². The fraction of sp³-hybridized carbons (Fsp3) is 0.227. The molecule has 0 spiro atoms. The van der Waals surface area contributed by atoms with E-state index < -0.39 is 0 Å². The van der Waals surface area contributed by atoms with Crippen molar-refractivity contribution in [2.75, 3.05) is 0 Å². The summed E-state index contributed by atoms with van der Waals surface area (Å²) in [5, 5.41) is 5.46. The van der Waals surface area contributed by atoms with Crippen LogP contribution in [0.1, 0.15) is 24.1 Å². The Balaban J connectivity index is 0.00000272. The molecule has 31 heavy (non-hydrogen) atoms. The highest BCUT2D eigenvalue weighted by Crippen LogP contribution is 2.27. The molecule has 0 bridgehead atoms. The Morgan fingerprint density at radius 2 is 1.61 bits per heavy atom. The van der Waals surface area contributed by atoms with Crippen LogP contribution in [0.25, 0.3) is 33.4 Å². The van der Waals surface area contributed by atoms with E-state index in [4.69, 9.17) is 5.73 Å². The molecular weight excluding hydrogens is 416 g/mol. The fourth-order valence-corrected chi connectivity index (χ4v) is 3.54. The second-order valence-electron chi connectivity index (χ2n) is 7.50. The van der Waals surface area contributed by atoms with Crippen molar-refractivity contribution in [1.82, 2.24) is 24.3 Å². The summed E-state index contributed by atoms with van der Waals surface area (Å²) in [6.45, 7) is 3.86. The van der Waals surface area contributed by atoms with E-state index in [9.17, 15) is 9.59 Å². The van der Waals surface area contributed by atoms with E-state index in [0.717, 1.165) is 16.5 Å². The molecule has 0 aliphatic rings. The van der Waals surface area contributed by atoms with Crippen LogP contribution in [0, 0.1) is 6.92 Å². The molecule has 3 heterocycles. The Hall–Kier alpha value is -3.36. The lowest BCUT2D eigenvalue weighted by atomic mass is 9.97. The molecule has 4 rings (SSSR count). The van der Waals surface area contributed by atoms with E-state index in [1.807, 2.05) is 32.0 Å². The number of pyridine rings is 1. The first-order chi connectivity index (χ1) is 14.3. The van der Waals surface area contributed by atoms with Gasteiger partial charge in [0.2, 0.25) is 0 Å². The molecule has 1 aromatic carbocycles. The minimum Gasteiger partial charge on any atom is -0.324 e. The first-order valence-corrected chi connectivity index (χ1v) is 9.52. The van der Waals surface area contributed by atoms with E-state index in [-0.39, 0.29) is 29.6 Å². The molecule has 0 saturated heterocycles. The standard InChI is InChI=1S/C22H22N6O2.ClH/c1-12-5-16(13(2)23)17-8-19(27(3)22(30)18(17)6-12)15-9-24-21(25-10-15)14-7-20(29)28(4)26-11-14;/h5-11,13H,23H2,1-4H3;1H/t13-;/m1./s1. The highest BCUT2D eigenvalue weighted by Gasteiger charge is 2.15. The van der Waals surface area contributed by atoms with Gasteiger partial charge < -0.3 is 10.3 Å². The maximum atomic E-state index is 13.0. The van der Waals surface area contributed by atoms with Crippen molar-refractivity contribution in [2.45, 2.75) is 19.9 Å². The van der Waals surface area contributed by atoms with Gasteiger partial charge in [-0.1, -0.05) is 6.07 Å². The third-order valence-corrected chi connectivity index (χ3v) is 5.20. The summed E-state index contributed by atoms with van der Waals surface area (Å²) < 4.78 is 2.82. The first-order valence-electron chi connectivity index (χ1n) is 9.52. The second-order valence-corrected chi connectivity index (χ2v) is 7.50. The highest BCUT2D eigenvalue weighted by atomic mass is 35.5. The number of halogens is 1. The Morgan fingerprint density at radius 3 is 2.23 bits per heavy atom. The highest BCUT2D eigenvalue weighted by molar-refractivity contribution is 5.89. The summed E-state index contributed by atoms with van der Waals surface area (Å²) >= 11 is 0. The topological polar surface area (TPSA) is 109 Å². The molecule has 1 atom stereocenters. The number of hydrogen-bond donors (Lipinski definition) is 1. The van der Waals surface area contributed by atoms with E-state index in [0.29, 0.717) is 28.0 Å². The van der Waals surface area contributed by atoms with Crippen LogP contribution in [0.4, 0.5) is 0 Å². The number of aryl methyl sites for hydroxylation is 2. The van der Waals surface area contributed by atoms with Gasteiger partial charge in [0.05, 0.1) is 11.9 Å². The predicted octanol–water partition coefficient (Wildman–Crippen LogP) is 2.51. The van der Waals surface area contributed by atoms with Crippen molar-refractivity contribution < 1.29 is 0 Å². The van der Waals surface area contributed by atoms with Crippen LogP contribution in [-0.4, -0.2) is 24.3 Å². The number of benzene rings is 1. The minimum absolute atomic E-state index is 0. The van der Waals surface area contributed by atoms with Gasteiger partial charge in [-0.2, -0.15) is 5.10 Å². The maximum Gasteiger partial charge on any atom is 0.267 e. The number of nitrogens with zero attached hydrogens (tertiary/aromatic N) is 5. The van der Waals surface area contributed by atoms with Crippen molar-refractivity contribution in [3.8, 4) is 22.6 Å². The van der Waals surface area contributed by atoms with Gasteiger partial charge in [-0.3, -0.25) is 9.59 Å². The SMILES string of the molecule is Cc1cc([C@@H](C)N)c2cc(-c3cnc(-c4cnn(C)c(=O)c4)nc3)n(C)c(=O)c2c1.Cl. The molecule has 0 aliphatic heterocycles. The van der Waals surface area contributed by atoms with Crippen LogP contribution in [0.15, 0.2) is 52.4 Å². The monoisotopic (exact) mass is 438 g/mol. The van der Waals surface area contributed by atoms with Gasteiger partial charge in [-0.05, 0) is 42.5 Å². The lowest BCUT2D eigenvalue weighted by Crippen LogP contribution is -2.20. The molecule has 0 aliphatic carbocycles. The molecule has 0 saturated carbocycles. The van der Waals surface area contributed by atoms with Gasteiger partial charge in [-0.25, -0.2) is 14.6 Å². The van der Waals surface area contributed by atoms with Gasteiger partial charge in [0.15, 0.2) is 5.82 Å². The molecule has 0 amide bonds.